The van der Waals surface area contributed by atoms with E-state index in [1.807, 2.05) is 0 Å². The molecule has 2 rings (SSSR count). The van der Waals surface area contributed by atoms with E-state index in [4.69, 9.17) is 5.73 Å². The maximum Gasteiger partial charge on any atom is 0.226 e. The van der Waals surface area contributed by atoms with Gasteiger partial charge in [-0.1, -0.05) is 12.8 Å². The molecular formula is C15H29N3O. The van der Waals surface area contributed by atoms with Gasteiger partial charge < -0.3 is 15.5 Å². The number of nitrogens with zero attached hydrogens (tertiary/aromatic N) is 2. The third-order valence-corrected chi connectivity index (χ3v) is 4.66. The summed E-state index contributed by atoms with van der Waals surface area (Å²) in [5.41, 5.74) is 5.96. The second-order valence-electron chi connectivity index (χ2n) is 6.54. The predicted octanol–water partition coefficient (Wildman–Crippen LogP) is 1.45. The Kier molecular flexibility index (Phi) is 5.22. The van der Waals surface area contributed by atoms with Gasteiger partial charge >= 0.3 is 0 Å². The van der Waals surface area contributed by atoms with E-state index in [0.717, 1.165) is 32.4 Å². The van der Waals surface area contributed by atoms with Crippen molar-refractivity contribution in [2.45, 2.75) is 57.0 Å². The van der Waals surface area contributed by atoms with Gasteiger partial charge in [0.05, 0.1) is 0 Å². The summed E-state index contributed by atoms with van der Waals surface area (Å²) in [5.74, 6) is 0.569. The molecule has 0 bridgehead atoms. The molecule has 0 heterocycles. The normalized spacial score (nSPS) is 28.2. The first kappa shape index (κ1) is 14.8. The van der Waals surface area contributed by atoms with Gasteiger partial charge in [0.2, 0.25) is 5.91 Å². The maximum atomic E-state index is 12.7. The fraction of sp³-hybridized carbons (Fsp3) is 0.933. The lowest BCUT2D eigenvalue weighted by Gasteiger charge is -2.32. The molecular weight excluding hydrogens is 238 g/mol. The Morgan fingerprint density at radius 2 is 1.79 bits per heavy atom. The van der Waals surface area contributed by atoms with Gasteiger partial charge in [-0.15, -0.1) is 0 Å². The van der Waals surface area contributed by atoms with Crippen LogP contribution in [-0.2, 0) is 4.79 Å². The van der Waals surface area contributed by atoms with Crippen LogP contribution in [0.1, 0.15) is 44.9 Å². The first-order chi connectivity index (χ1) is 9.08. The van der Waals surface area contributed by atoms with Gasteiger partial charge in [0.1, 0.15) is 0 Å². The largest absolute Gasteiger partial charge is 0.338 e. The molecule has 0 aliphatic heterocycles. The highest BCUT2D eigenvalue weighted by Gasteiger charge is 2.34. The molecule has 0 aromatic carbocycles. The number of likely N-dealkylation sites (N-methyl/N-ethyl adjacent to an activating group) is 1. The van der Waals surface area contributed by atoms with Gasteiger partial charge in [0, 0.05) is 31.1 Å². The Morgan fingerprint density at radius 1 is 1.11 bits per heavy atom. The van der Waals surface area contributed by atoms with Crippen LogP contribution in [0, 0.1) is 5.92 Å². The quantitative estimate of drug-likeness (QED) is 0.820. The number of amides is 1. The van der Waals surface area contributed by atoms with Gasteiger partial charge in [-0.2, -0.15) is 0 Å². The van der Waals surface area contributed by atoms with Crippen molar-refractivity contribution in [2.75, 3.05) is 27.2 Å². The first-order valence-corrected chi connectivity index (χ1v) is 7.78. The average Bonchev–Trinajstić information content (AvgIpc) is 3.00. The molecule has 2 atom stereocenters. The highest BCUT2D eigenvalue weighted by atomic mass is 16.2. The Balaban J connectivity index is 1.96. The number of nitrogens with two attached hydrogens (primary N) is 1. The lowest BCUT2D eigenvalue weighted by molar-refractivity contribution is -0.137. The molecule has 2 aliphatic rings. The van der Waals surface area contributed by atoms with Crippen molar-refractivity contribution in [3.8, 4) is 0 Å². The zero-order chi connectivity index (χ0) is 13.8. The summed E-state index contributed by atoms with van der Waals surface area (Å²) in [6.45, 7) is 1.84. The summed E-state index contributed by atoms with van der Waals surface area (Å²) in [7, 11) is 4.14. The molecule has 1 amide bonds. The van der Waals surface area contributed by atoms with Gasteiger partial charge in [-0.05, 0) is 46.2 Å². The molecule has 4 heteroatoms. The van der Waals surface area contributed by atoms with Crippen molar-refractivity contribution in [3.63, 3.8) is 0 Å². The Bertz CT molecular complexity index is 300. The summed E-state index contributed by atoms with van der Waals surface area (Å²) in [6, 6.07) is 0.734. The average molecular weight is 267 g/mol. The molecule has 19 heavy (non-hydrogen) atoms. The molecule has 0 saturated heterocycles. The van der Waals surface area contributed by atoms with E-state index in [9.17, 15) is 4.79 Å². The number of hydrogen-bond acceptors (Lipinski definition) is 3. The fourth-order valence-electron chi connectivity index (χ4n) is 3.47. The van der Waals surface area contributed by atoms with E-state index in [1.165, 1.54) is 25.7 Å². The summed E-state index contributed by atoms with van der Waals surface area (Å²) in [5, 5.41) is 0. The van der Waals surface area contributed by atoms with Crippen molar-refractivity contribution in [3.05, 3.63) is 0 Å². The zero-order valence-electron chi connectivity index (χ0n) is 12.5. The molecule has 2 N–H and O–H groups in total. The Morgan fingerprint density at radius 3 is 2.32 bits per heavy atom. The number of rotatable bonds is 5. The number of carbonyl (C=O) groups excluding carboxylic acids is 1. The van der Waals surface area contributed by atoms with Gasteiger partial charge in [-0.3, -0.25) is 4.79 Å². The van der Waals surface area contributed by atoms with E-state index in [2.05, 4.69) is 23.9 Å². The third-order valence-electron chi connectivity index (χ3n) is 4.66. The Labute approximate surface area is 117 Å². The summed E-state index contributed by atoms with van der Waals surface area (Å²) in [6.07, 6.45) is 7.84. The molecule has 2 unspecified atom stereocenters. The SMILES string of the molecule is CN(C)CCN(C(=O)C1CCC(N)C1)C1CCCC1. The number of carbonyl (C=O) groups is 1. The highest BCUT2D eigenvalue weighted by Crippen LogP contribution is 2.30. The van der Waals surface area contributed by atoms with Crippen LogP contribution in [0.25, 0.3) is 0 Å². The van der Waals surface area contributed by atoms with Crippen LogP contribution in [0.15, 0.2) is 0 Å². The van der Waals surface area contributed by atoms with Crippen LogP contribution in [0.2, 0.25) is 0 Å². The zero-order valence-corrected chi connectivity index (χ0v) is 12.5. The summed E-state index contributed by atoms with van der Waals surface area (Å²) < 4.78 is 0. The fourth-order valence-corrected chi connectivity index (χ4v) is 3.47. The molecule has 110 valence electrons. The van der Waals surface area contributed by atoms with Gasteiger partial charge in [-0.25, -0.2) is 0 Å². The molecule has 0 aromatic rings. The van der Waals surface area contributed by atoms with Crippen LogP contribution in [0.5, 0.6) is 0 Å². The second-order valence-corrected chi connectivity index (χ2v) is 6.54. The molecule has 0 radical (unpaired) electrons. The number of hydrogen-bond donors (Lipinski definition) is 1. The van der Waals surface area contributed by atoms with Crippen molar-refractivity contribution < 1.29 is 4.79 Å². The van der Waals surface area contributed by atoms with Crippen molar-refractivity contribution in [2.24, 2.45) is 11.7 Å². The van der Waals surface area contributed by atoms with E-state index < -0.39 is 0 Å². The van der Waals surface area contributed by atoms with Crippen LogP contribution >= 0.6 is 0 Å². The van der Waals surface area contributed by atoms with Crippen LogP contribution in [0.4, 0.5) is 0 Å². The van der Waals surface area contributed by atoms with Crippen molar-refractivity contribution in [1.29, 1.82) is 0 Å². The van der Waals surface area contributed by atoms with E-state index in [-0.39, 0.29) is 12.0 Å². The lowest BCUT2D eigenvalue weighted by atomic mass is 10.0. The maximum absolute atomic E-state index is 12.7. The lowest BCUT2D eigenvalue weighted by Crippen LogP contribution is -2.45. The minimum Gasteiger partial charge on any atom is -0.338 e. The molecule has 2 fully saturated rings. The van der Waals surface area contributed by atoms with Crippen LogP contribution < -0.4 is 5.73 Å². The monoisotopic (exact) mass is 267 g/mol. The van der Waals surface area contributed by atoms with E-state index in [1.54, 1.807) is 0 Å². The molecule has 0 aromatic heterocycles. The first-order valence-electron chi connectivity index (χ1n) is 7.78. The molecule has 2 aliphatic carbocycles. The minimum absolute atomic E-state index is 0.192. The molecule has 2 saturated carbocycles. The summed E-state index contributed by atoms with van der Waals surface area (Å²) >= 11 is 0. The smallest absolute Gasteiger partial charge is 0.226 e. The highest BCUT2D eigenvalue weighted by molar-refractivity contribution is 5.79. The van der Waals surface area contributed by atoms with Gasteiger partial charge in [0.15, 0.2) is 0 Å². The topological polar surface area (TPSA) is 49.6 Å². The molecule has 0 spiro atoms. The minimum atomic E-state index is 0.192. The Hall–Kier alpha value is -0.610. The summed E-state index contributed by atoms with van der Waals surface area (Å²) in [4.78, 5) is 17.1. The third kappa shape index (κ3) is 3.93. The standard InChI is InChI=1S/C15H29N3O/c1-17(2)9-10-18(14-5-3-4-6-14)15(19)12-7-8-13(16)11-12/h12-14H,3-11,16H2,1-2H3. The van der Waals surface area contributed by atoms with Crippen LogP contribution in [-0.4, -0.2) is 55.0 Å². The predicted molar refractivity (Wildman–Crippen MR) is 77.8 cm³/mol. The van der Waals surface area contributed by atoms with E-state index >= 15 is 0 Å². The van der Waals surface area contributed by atoms with E-state index in [0.29, 0.717) is 11.9 Å². The van der Waals surface area contributed by atoms with Gasteiger partial charge in [0.25, 0.3) is 0 Å². The molecule has 4 nitrogen and oxygen atoms in total. The van der Waals surface area contributed by atoms with Crippen molar-refractivity contribution in [1.82, 2.24) is 9.80 Å². The van der Waals surface area contributed by atoms with Crippen molar-refractivity contribution >= 4 is 5.91 Å². The van der Waals surface area contributed by atoms with Crippen LogP contribution in [0.3, 0.4) is 0 Å². The second kappa shape index (κ2) is 6.71.